The molecule has 3 N–H and O–H groups in total. The van der Waals surface area contributed by atoms with Gasteiger partial charge in [0, 0.05) is 13.5 Å². The Hall–Kier alpha value is -1.51. The number of primary amides is 1. The van der Waals surface area contributed by atoms with Crippen molar-refractivity contribution in [2.45, 2.75) is 18.2 Å². The zero-order valence-corrected chi connectivity index (χ0v) is 9.37. The molecule has 2 rings (SSSR count). The first-order valence-corrected chi connectivity index (χ1v) is 5.09. The van der Waals surface area contributed by atoms with E-state index in [1.165, 1.54) is 18.1 Å². The number of carbonyl (C=O) groups is 1. The standard InChI is InChI=1S/C9H14N4O4/c1-16-9(3-14)2-6(17-4-9)13-5-11-8(12-13)7(10)15/h5-6,14H,2-4H2,1H3,(H2,10,15). The second-order valence-electron chi connectivity index (χ2n) is 3.93. The monoisotopic (exact) mass is 242 g/mol. The van der Waals surface area contributed by atoms with Crippen LogP contribution in [0.5, 0.6) is 0 Å². The largest absolute Gasteiger partial charge is 0.393 e. The molecule has 1 amide bonds. The predicted molar refractivity (Wildman–Crippen MR) is 55.0 cm³/mol. The number of carbonyl (C=O) groups excluding carboxylic acids is 1. The quantitative estimate of drug-likeness (QED) is 0.676. The molecule has 8 nitrogen and oxygen atoms in total. The molecule has 0 radical (unpaired) electrons. The Kier molecular flexibility index (Phi) is 3.09. The summed E-state index contributed by atoms with van der Waals surface area (Å²) in [7, 11) is 1.51. The maximum absolute atomic E-state index is 10.8. The highest BCUT2D eigenvalue weighted by Crippen LogP contribution is 2.32. The molecule has 17 heavy (non-hydrogen) atoms. The van der Waals surface area contributed by atoms with Crippen LogP contribution in [0.4, 0.5) is 0 Å². The van der Waals surface area contributed by atoms with Crippen molar-refractivity contribution < 1.29 is 19.4 Å². The van der Waals surface area contributed by atoms with Gasteiger partial charge >= 0.3 is 0 Å². The Labute approximate surface area is 97.3 Å². The third-order valence-corrected chi connectivity index (χ3v) is 2.83. The summed E-state index contributed by atoms with van der Waals surface area (Å²) in [6.07, 6.45) is 1.39. The lowest BCUT2D eigenvalue weighted by Gasteiger charge is -2.22. The highest BCUT2D eigenvalue weighted by molar-refractivity contribution is 5.88. The third-order valence-electron chi connectivity index (χ3n) is 2.83. The van der Waals surface area contributed by atoms with Gasteiger partial charge in [-0.2, -0.15) is 0 Å². The Balaban J connectivity index is 2.12. The number of hydrogen-bond donors (Lipinski definition) is 2. The lowest BCUT2D eigenvalue weighted by atomic mass is 10.0. The van der Waals surface area contributed by atoms with Crippen molar-refractivity contribution in [3.05, 3.63) is 12.2 Å². The van der Waals surface area contributed by atoms with Crippen molar-refractivity contribution in [1.29, 1.82) is 0 Å². The van der Waals surface area contributed by atoms with E-state index in [9.17, 15) is 9.90 Å². The molecule has 1 aromatic rings. The SMILES string of the molecule is COC1(CO)COC(n2cnc(C(N)=O)n2)C1. The van der Waals surface area contributed by atoms with Gasteiger partial charge in [-0.1, -0.05) is 0 Å². The minimum atomic E-state index is -0.719. The number of hydrogen-bond acceptors (Lipinski definition) is 6. The smallest absolute Gasteiger partial charge is 0.288 e. The number of rotatable bonds is 4. The number of nitrogens with zero attached hydrogens (tertiary/aromatic N) is 3. The molecule has 8 heteroatoms. The molecule has 1 aliphatic heterocycles. The zero-order valence-electron chi connectivity index (χ0n) is 9.37. The van der Waals surface area contributed by atoms with Crippen LogP contribution in [0, 0.1) is 0 Å². The number of ether oxygens (including phenoxy) is 2. The van der Waals surface area contributed by atoms with Crippen molar-refractivity contribution in [3.63, 3.8) is 0 Å². The summed E-state index contributed by atoms with van der Waals surface area (Å²) in [5, 5.41) is 13.1. The topological polar surface area (TPSA) is 112 Å². The summed E-state index contributed by atoms with van der Waals surface area (Å²) in [6, 6.07) is 0. The average molecular weight is 242 g/mol. The van der Waals surface area contributed by atoms with E-state index < -0.39 is 17.7 Å². The molecule has 1 aliphatic rings. The molecule has 0 spiro atoms. The van der Waals surface area contributed by atoms with Crippen LogP contribution in [-0.4, -0.2) is 51.7 Å². The van der Waals surface area contributed by atoms with Gasteiger partial charge in [-0.3, -0.25) is 4.79 Å². The Morgan fingerprint density at radius 3 is 3.12 bits per heavy atom. The first-order chi connectivity index (χ1) is 8.10. The predicted octanol–water partition coefficient (Wildman–Crippen LogP) is -1.33. The fourth-order valence-corrected chi connectivity index (χ4v) is 1.70. The van der Waals surface area contributed by atoms with E-state index in [-0.39, 0.29) is 19.0 Å². The normalized spacial score (nSPS) is 28.5. The van der Waals surface area contributed by atoms with Crippen molar-refractivity contribution in [2.24, 2.45) is 5.73 Å². The fraction of sp³-hybridized carbons (Fsp3) is 0.667. The van der Waals surface area contributed by atoms with Crippen LogP contribution in [0.2, 0.25) is 0 Å². The van der Waals surface area contributed by atoms with E-state index in [0.717, 1.165) is 0 Å². The van der Waals surface area contributed by atoms with Gasteiger partial charge in [0.1, 0.15) is 11.9 Å². The Bertz CT molecular complexity index is 415. The van der Waals surface area contributed by atoms with Crippen LogP contribution in [0.3, 0.4) is 0 Å². The van der Waals surface area contributed by atoms with Crippen molar-refractivity contribution >= 4 is 5.91 Å². The molecule has 0 bridgehead atoms. The molecule has 0 aromatic carbocycles. The van der Waals surface area contributed by atoms with E-state index in [4.69, 9.17) is 15.2 Å². The third kappa shape index (κ3) is 2.14. The van der Waals surface area contributed by atoms with Gasteiger partial charge in [0.15, 0.2) is 6.23 Å². The maximum Gasteiger partial charge on any atom is 0.288 e. The van der Waals surface area contributed by atoms with Gasteiger partial charge in [-0.15, -0.1) is 5.10 Å². The fourth-order valence-electron chi connectivity index (χ4n) is 1.70. The highest BCUT2D eigenvalue weighted by Gasteiger charge is 2.41. The summed E-state index contributed by atoms with van der Waals surface area (Å²) in [5.74, 6) is -0.755. The minimum absolute atomic E-state index is 0.0625. The van der Waals surface area contributed by atoms with Crippen LogP contribution >= 0.6 is 0 Å². The first-order valence-electron chi connectivity index (χ1n) is 5.09. The highest BCUT2D eigenvalue weighted by atomic mass is 16.6. The molecule has 1 saturated heterocycles. The molecule has 1 aromatic heterocycles. The molecule has 0 aliphatic carbocycles. The molecule has 94 valence electrons. The summed E-state index contributed by atoms with van der Waals surface area (Å²) in [5.41, 5.74) is 4.33. The Morgan fingerprint density at radius 2 is 2.65 bits per heavy atom. The second-order valence-corrected chi connectivity index (χ2v) is 3.93. The second kappa shape index (κ2) is 4.40. The molecule has 2 atom stereocenters. The van der Waals surface area contributed by atoms with Gasteiger partial charge in [-0.25, -0.2) is 9.67 Å². The summed E-state index contributed by atoms with van der Waals surface area (Å²) < 4.78 is 12.1. The zero-order chi connectivity index (χ0) is 12.5. The van der Waals surface area contributed by atoms with Gasteiger partial charge in [0.2, 0.25) is 5.82 Å². The lowest BCUT2D eigenvalue weighted by Crippen LogP contribution is -2.36. The van der Waals surface area contributed by atoms with Crippen LogP contribution in [-0.2, 0) is 9.47 Å². The number of methoxy groups -OCH3 is 1. The van der Waals surface area contributed by atoms with Crippen LogP contribution < -0.4 is 5.73 Å². The summed E-state index contributed by atoms with van der Waals surface area (Å²) in [6.45, 7) is 0.119. The van der Waals surface area contributed by atoms with Crippen molar-refractivity contribution in [2.75, 3.05) is 20.3 Å². The number of nitrogens with two attached hydrogens (primary N) is 1. The minimum Gasteiger partial charge on any atom is -0.393 e. The van der Waals surface area contributed by atoms with Gasteiger partial charge in [-0.05, 0) is 0 Å². The molecular weight excluding hydrogens is 228 g/mol. The van der Waals surface area contributed by atoms with E-state index in [1.807, 2.05) is 0 Å². The number of aromatic nitrogens is 3. The lowest BCUT2D eigenvalue weighted by molar-refractivity contribution is -0.0558. The van der Waals surface area contributed by atoms with Crippen LogP contribution in [0.15, 0.2) is 6.33 Å². The summed E-state index contributed by atoms with van der Waals surface area (Å²) >= 11 is 0. The first kappa shape index (κ1) is 12.0. The Morgan fingerprint density at radius 1 is 1.88 bits per heavy atom. The van der Waals surface area contributed by atoms with E-state index >= 15 is 0 Å². The van der Waals surface area contributed by atoms with Gasteiger partial charge < -0.3 is 20.3 Å². The van der Waals surface area contributed by atoms with E-state index in [2.05, 4.69) is 10.1 Å². The molecule has 1 fully saturated rings. The van der Waals surface area contributed by atoms with Crippen molar-refractivity contribution in [1.82, 2.24) is 14.8 Å². The number of aliphatic hydroxyl groups excluding tert-OH is 1. The van der Waals surface area contributed by atoms with Gasteiger partial charge in [0.25, 0.3) is 5.91 Å². The van der Waals surface area contributed by atoms with E-state index in [1.54, 1.807) is 0 Å². The molecular formula is C9H14N4O4. The molecule has 2 heterocycles. The van der Waals surface area contributed by atoms with Gasteiger partial charge in [0.05, 0.1) is 13.2 Å². The van der Waals surface area contributed by atoms with Crippen molar-refractivity contribution in [3.8, 4) is 0 Å². The maximum atomic E-state index is 10.8. The van der Waals surface area contributed by atoms with Crippen LogP contribution in [0.1, 0.15) is 23.3 Å². The molecule has 0 saturated carbocycles. The average Bonchev–Trinajstić information content (AvgIpc) is 2.96. The number of aliphatic hydroxyl groups is 1. The van der Waals surface area contributed by atoms with Crippen LogP contribution in [0.25, 0.3) is 0 Å². The summed E-state index contributed by atoms with van der Waals surface area (Å²) in [4.78, 5) is 14.6. The number of amides is 1. The van der Waals surface area contributed by atoms with E-state index in [0.29, 0.717) is 6.42 Å². The molecule has 2 unspecified atom stereocenters.